The average Bonchev–Trinajstić information content (AvgIpc) is 2.06. The largest absolute Gasteiger partial charge is 0.504 e. The van der Waals surface area contributed by atoms with Gasteiger partial charge in [-0.05, 0) is 45.4 Å². The summed E-state index contributed by atoms with van der Waals surface area (Å²) in [6.45, 7) is 11.6. The van der Waals surface area contributed by atoms with Crippen molar-refractivity contribution in [2.75, 3.05) is 0 Å². The summed E-state index contributed by atoms with van der Waals surface area (Å²) < 4.78 is 5.63. The van der Waals surface area contributed by atoms with E-state index in [-0.39, 0.29) is 11.4 Å². The zero-order chi connectivity index (χ0) is 11.6. The van der Waals surface area contributed by atoms with Crippen molar-refractivity contribution in [1.82, 2.24) is 0 Å². The van der Waals surface area contributed by atoms with Crippen molar-refractivity contribution in [2.24, 2.45) is 0 Å². The van der Waals surface area contributed by atoms with Gasteiger partial charge in [0.25, 0.3) is 0 Å². The minimum atomic E-state index is -0.314. The molecular formula is C13H18O2. The van der Waals surface area contributed by atoms with Gasteiger partial charge in [0.15, 0.2) is 11.5 Å². The predicted molar refractivity (Wildman–Crippen MR) is 63.2 cm³/mol. The fraction of sp³-hybridized carbons (Fsp3) is 0.385. The first-order valence-electron chi connectivity index (χ1n) is 4.97. The molecule has 0 amide bonds. The van der Waals surface area contributed by atoms with Gasteiger partial charge in [0.2, 0.25) is 0 Å². The Morgan fingerprint density at radius 1 is 1.33 bits per heavy atom. The second-order valence-electron chi connectivity index (χ2n) is 4.68. The van der Waals surface area contributed by atoms with Gasteiger partial charge in [-0.15, -0.1) is 0 Å². The second-order valence-corrected chi connectivity index (χ2v) is 4.68. The standard InChI is InChI=1S/C13H18O2/c1-9(2)10-6-7-11(14)12(8-10)15-13(3,4)5/h6-8,14H,1H2,2-5H3. The van der Waals surface area contributed by atoms with E-state index in [0.29, 0.717) is 5.75 Å². The molecule has 0 unspecified atom stereocenters. The smallest absolute Gasteiger partial charge is 0.162 e. The van der Waals surface area contributed by atoms with Gasteiger partial charge in [0.05, 0.1) is 0 Å². The van der Waals surface area contributed by atoms with E-state index in [1.54, 1.807) is 6.07 Å². The van der Waals surface area contributed by atoms with Gasteiger partial charge in [-0.25, -0.2) is 0 Å². The van der Waals surface area contributed by atoms with Crippen molar-refractivity contribution in [3.63, 3.8) is 0 Å². The average molecular weight is 206 g/mol. The molecule has 0 saturated carbocycles. The number of phenols is 1. The summed E-state index contributed by atoms with van der Waals surface area (Å²) >= 11 is 0. The maximum Gasteiger partial charge on any atom is 0.162 e. The van der Waals surface area contributed by atoms with E-state index < -0.39 is 0 Å². The van der Waals surface area contributed by atoms with E-state index in [4.69, 9.17) is 4.74 Å². The summed E-state index contributed by atoms with van der Waals surface area (Å²) in [7, 11) is 0. The molecule has 0 saturated heterocycles. The van der Waals surface area contributed by atoms with Crippen molar-refractivity contribution in [1.29, 1.82) is 0 Å². The monoisotopic (exact) mass is 206 g/mol. The van der Waals surface area contributed by atoms with Crippen LogP contribution in [0.25, 0.3) is 5.57 Å². The van der Waals surface area contributed by atoms with E-state index in [2.05, 4.69) is 6.58 Å². The third kappa shape index (κ3) is 3.31. The highest BCUT2D eigenvalue weighted by Gasteiger charge is 2.14. The first-order chi connectivity index (χ1) is 6.79. The fourth-order valence-corrected chi connectivity index (χ4v) is 1.19. The Balaban J connectivity index is 3.06. The summed E-state index contributed by atoms with van der Waals surface area (Å²) in [4.78, 5) is 0. The Bertz CT molecular complexity index is 373. The predicted octanol–water partition coefficient (Wildman–Crippen LogP) is 3.60. The van der Waals surface area contributed by atoms with Gasteiger partial charge >= 0.3 is 0 Å². The zero-order valence-electron chi connectivity index (χ0n) is 9.79. The molecule has 0 aliphatic heterocycles. The fourth-order valence-electron chi connectivity index (χ4n) is 1.19. The number of rotatable bonds is 2. The van der Waals surface area contributed by atoms with Crippen molar-refractivity contribution in [2.45, 2.75) is 33.3 Å². The van der Waals surface area contributed by atoms with Gasteiger partial charge in [-0.2, -0.15) is 0 Å². The Hall–Kier alpha value is -1.44. The highest BCUT2D eigenvalue weighted by Crippen LogP contribution is 2.31. The van der Waals surface area contributed by atoms with Gasteiger partial charge in [-0.3, -0.25) is 0 Å². The highest BCUT2D eigenvalue weighted by molar-refractivity contribution is 5.64. The van der Waals surface area contributed by atoms with Crippen LogP contribution in [-0.4, -0.2) is 10.7 Å². The molecule has 82 valence electrons. The Labute approximate surface area is 91.2 Å². The Morgan fingerprint density at radius 2 is 1.93 bits per heavy atom. The summed E-state index contributed by atoms with van der Waals surface area (Å²) in [5.41, 5.74) is 1.62. The van der Waals surface area contributed by atoms with Gasteiger partial charge < -0.3 is 9.84 Å². The van der Waals surface area contributed by atoms with Crippen molar-refractivity contribution >= 4 is 5.57 Å². The minimum absolute atomic E-state index is 0.162. The van der Waals surface area contributed by atoms with Crippen molar-refractivity contribution in [3.05, 3.63) is 30.3 Å². The molecule has 2 heteroatoms. The van der Waals surface area contributed by atoms with E-state index in [0.717, 1.165) is 11.1 Å². The first kappa shape index (κ1) is 11.6. The molecule has 1 aromatic carbocycles. The number of hydrogen-bond donors (Lipinski definition) is 1. The number of ether oxygens (including phenoxy) is 1. The van der Waals surface area contributed by atoms with Crippen LogP contribution in [0.2, 0.25) is 0 Å². The topological polar surface area (TPSA) is 29.5 Å². The third-order valence-electron chi connectivity index (χ3n) is 1.87. The molecule has 0 radical (unpaired) electrons. The lowest BCUT2D eigenvalue weighted by Gasteiger charge is -2.22. The normalized spacial score (nSPS) is 11.2. The quantitative estimate of drug-likeness (QED) is 0.801. The molecule has 0 bridgehead atoms. The number of allylic oxidation sites excluding steroid dienone is 1. The van der Waals surface area contributed by atoms with Crippen molar-refractivity contribution < 1.29 is 9.84 Å². The molecule has 0 fully saturated rings. The van der Waals surface area contributed by atoms with Gasteiger partial charge in [0, 0.05) is 0 Å². The minimum Gasteiger partial charge on any atom is -0.504 e. The summed E-state index contributed by atoms with van der Waals surface area (Å²) in [5, 5.41) is 9.63. The molecule has 1 aromatic rings. The first-order valence-corrected chi connectivity index (χ1v) is 4.97. The van der Waals surface area contributed by atoms with E-state index in [1.807, 2.05) is 39.8 Å². The van der Waals surface area contributed by atoms with E-state index in [9.17, 15) is 5.11 Å². The van der Waals surface area contributed by atoms with Crippen LogP contribution < -0.4 is 4.74 Å². The van der Waals surface area contributed by atoms with Crippen LogP contribution in [0.3, 0.4) is 0 Å². The summed E-state index contributed by atoms with van der Waals surface area (Å²) in [5.74, 6) is 0.665. The van der Waals surface area contributed by atoms with Crippen LogP contribution in [-0.2, 0) is 0 Å². The molecule has 1 rings (SSSR count). The lowest BCUT2D eigenvalue weighted by atomic mass is 10.1. The zero-order valence-corrected chi connectivity index (χ0v) is 9.79. The number of phenolic OH excluding ortho intramolecular Hbond substituents is 1. The van der Waals surface area contributed by atoms with Crippen LogP contribution >= 0.6 is 0 Å². The molecule has 0 aliphatic rings. The lowest BCUT2D eigenvalue weighted by molar-refractivity contribution is 0.126. The molecule has 0 atom stereocenters. The molecule has 0 aromatic heterocycles. The Kier molecular flexibility index (Phi) is 3.08. The molecule has 15 heavy (non-hydrogen) atoms. The molecule has 2 nitrogen and oxygen atoms in total. The maximum absolute atomic E-state index is 9.63. The van der Waals surface area contributed by atoms with E-state index >= 15 is 0 Å². The van der Waals surface area contributed by atoms with Crippen LogP contribution in [0.5, 0.6) is 11.5 Å². The Morgan fingerprint density at radius 3 is 2.40 bits per heavy atom. The van der Waals surface area contributed by atoms with Crippen LogP contribution in [0.4, 0.5) is 0 Å². The van der Waals surface area contributed by atoms with Crippen LogP contribution in [0.1, 0.15) is 33.3 Å². The molecular weight excluding hydrogens is 188 g/mol. The summed E-state index contributed by atoms with van der Waals surface area (Å²) in [6.07, 6.45) is 0. The molecule has 0 heterocycles. The van der Waals surface area contributed by atoms with E-state index in [1.165, 1.54) is 0 Å². The lowest BCUT2D eigenvalue weighted by Crippen LogP contribution is -2.23. The maximum atomic E-state index is 9.63. The summed E-state index contributed by atoms with van der Waals surface area (Å²) in [6, 6.07) is 5.27. The molecule has 0 spiro atoms. The van der Waals surface area contributed by atoms with Crippen molar-refractivity contribution in [3.8, 4) is 11.5 Å². The highest BCUT2D eigenvalue weighted by atomic mass is 16.5. The molecule has 0 aliphatic carbocycles. The van der Waals surface area contributed by atoms with Crippen LogP contribution in [0.15, 0.2) is 24.8 Å². The van der Waals surface area contributed by atoms with Crippen LogP contribution in [0, 0.1) is 0 Å². The van der Waals surface area contributed by atoms with Gasteiger partial charge in [-0.1, -0.05) is 18.2 Å². The third-order valence-corrected chi connectivity index (χ3v) is 1.87. The molecule has 1 N–H and O–H groups in total. The number of hydrogen-bond acceptors (Lipinski definition) is 2. The second kappa shape index (κ2) is 3.97. The SMILES string of the molecule is C=C(C)c1ccc(O)c(OC(C)(C)C)c1. The number of benzene rings is 1. The van der Waals surface area contributed by atoms with Gasteiger partial charge in [0.1, 0.15) is 5.60 Å². The number of aromatic hydroxyl groups is 1.